The summed E-state index contributed by atoms with van der Waals surface area (Å²) in [7, 11) is 0. The summed E-state index contributed by atoms with van der Waals surface area (Å²) in [5.41, 5.74) is 11.6. The Hall–Kier alpha value is -3.02. The van der Waals surface area contributed by atoms with Gasteiger partial charge in [-0.1, -0.05) is 18.2 Å². The highest BCUT2D eigenvalue weighted by Crippen LogP contribution is 2.34. The molecule has 1 fully saturated rings. The number of piperidine rings is 1. The first-order valence-corrected chi connectivity index (χ1v) is 10.9. The van der Waals surface area contributed by atoms with Gasteiger partial charge in [0.15, 0.2) is 6.10 Å². The Morgan fingerprint density at radius 1 is 1.00 bits per heavy atom. The lowest BCUT2D eigenvalue weighted by molar-refractivity contribution is -0.128. The Balaban J connectivity index is 1.56. The van der Waals surface area contributed by atoms with E-state index in [2.05, 4.69) is 5.32 Å². The fourth-order valence-corrected chi connectivity index (χ4v) is 4.05. The monoisotopic (exact) mass is 423 g/mol. The predicted molar refractivity (Wildman–Crippen MR) is 123 cm³/mol. The third-order valence-corrected chi connectivity index (χ3v) is 6.43. The van der Waals surface area contributed by atoms with Crippen LogP contribution in [0.3, 0.4) is 0 Å². The van der Waals surface area contributed by atoms with E-state index in [1.54, 1.807) is 6.92 Å². The van der Waals surface area contributed by atoms with E-state index in [0.29, 0.717) is 30.1 Å². The fourth-order valence-electron chi connectivity index (χ4n) is 4.05. The number of amides is 2. The van der Waals surface area contributed by atoms with Gasteiger partial charge in [-0.25, -0.2) is 0 Å². The van der Waals surface area contributed by atoms with Crippen molar-refractivity contribution < 1.29 is 14.3 Å². The molecule has 0 saturated carbocycles. The van der Waals surface area contributed by atoms with Gasteiger partial charge in [0.25, 0.3) is 11.8 Å². The van der Waals surface area contributed by atoms with Gasteiger partial charge in [0, 0.05) is 35.9 Å². The molecule has 166 valence electrons. The molecule has 2 aromatic rings. The van der Waals surface area contributed by atoms with Crippen LogP contribution in [0.1, 0.15) is 52.4 Å². The molecule has 3 rings (SSSR count). The second-order valence-electron chi connectivity index (χ2n) is 8.44. The highest BCUT2D eigenvalue weighted by atomic mass is 16.5. The molecule has 0 radical (unpaired) electrons. The Labute approximate surface area is 184 Å². The Bertz CT molecular complexity index is 935. The number of anilines is 1. The van der Waals surface area contributed by atoms with Crippen LogP contribution in [-0.4, -0.2) is 41.9 Å². The first-order valence-electron chi connectivity index (χ1n) is 10.9. The van der Waals surface area contributed by atoms with Crippen LogP contribution in [0, 0.1) is 27.7 Å². The molecule has 1 unspecified atom stereocenters. The molecule has 1 heterocycles. The van der Waals surface area contributed by atoms with Crippen LogP contribution in [-0.2, 0) is 4.79 Å². The van der Waals surface area contributed by atoms with Crippen molar-refractivity contribution in [2.45, 2.75) is 59.6 Å². The van der Waals surface area contributed by atoms with E-state index in [4.69, 9.17) is 10.5 Å². The minimum absolute atomic E-state index is 0.0328. The molecule has 0 bridgehead atoms. The highest BCUT2D eigenvalue weighted by Gasteiger charge is 2.27. The maximum Gasteiger partial charge on any atom is 0.260 e. The Morgan fingerprint density at radius 3 is 2.23 bits per heavy atom. The van der Waals surface area contributed by atoms with E-state index in [1.807, 2.05) is 62.9 Å². The van der Waals surface area contributed by atoms with Crippen molar-refractivity contribution in [3.8, 4) is 5.75 Å². The van der Waals surface area contributed by atoms with Gasteiger partial charge in [-0.05, 0) is 76.3 Å². The molecule has 1 aliphatic heterocycles. The Morgan fingerprint density at radius 2 is 1.61 bits per heavy atom. The van der Waals surface area contributed by atoms with Crippen LogP contribution in [0.15, 0.2) is 30.3 Å². The zero-order valence-electron chi connectivity index (χ0n) is 19.1. The van der Waals surface area contributed by atoms with E-state index in [9.17, 15) is 9.59 Å². The number of carbonyl (C=O) groups is 2. The number of nitrogen functional groups attached to an aromatic ring is 1. The van der Waals surface area contributed by atoms with Crippen molar-refractivity contribution in [3.05, 3.63) is 58.1 Å². The number of rotatable bonds is 5. The number of likely N-dealkylation sites (tertiary alicyclic amines) is 1. The van der Waals surface area contributed by atoms with Crippen LogP contribution in [0.5, 0.6) is 5.75 Å². The van der Waals surface area contributed by atoms with Gasteiger partial charge in [0.2, 0.25) is 0 Å². The lowest BCUT2D eigenvalue weighted by Gasteiger charge is -2.33. The highest BCUT2D eigenvalue weighted by molar-refractivity contribution is 5.94. The normalized spacial score (nSPS) is 15.5. The SMILES string of the molecule is Cc1c(C)c(N)c(C)c(OC(C)C(=O)NC2CCN(C(=O)c3ccccc3)CC2)c1C. The van der Waals surface area contributed by atoms with Crippen molar-refractivity contribution >= 4 is 17.5 Å². The number of ether oxygens (including phenoxy) is 1. The van der Waals surface area contributed by atoms with Crippen LogP contribution >= 0.6 is 0 Å². The molecule has 2 amide bonds. The molecule has 6 heteroatoms. The van der Waals surface area contributed by atoms with E-state index < -0.39 is 6.10 Å². The van der Waals surface area contributed by atoms with Crippen molar-refractivity contribution in [2.24, 2.45) is 0 Å². The summed E-state index contributed by atoms with van der Waals surface area (Å²) in [6.45, 7) is 10.9. The van der Waals surface area contributed by atoms with Crippen LogP contribution < -0.4 is 15.8 Å². The number of carbonyl (C=O) groups excluding carboxylic acids is 2. The lowest BCUT2D eigenvalue weighted by Crippen LogP contribution is -2.49. The molecule has 0 aliphatic carbocycles. The molecule has 2 aromatic carbocycles. The molecule has 6 nitrogen and oxygen atoms in total. The zero-order chi connectivity index (χ0) is 22.7. The maximum atomic E-state index is 12.8. The predicted octanol–water partition coefficient (Wildman–Crippen LogP) is 3.69. The number of nitrogens with zero attached hydrogens (tertiary/aromatic N) is 1. The third-order valence-electron chi connectivity index (χ3n) is 6.43. The smallest absolute Gasteiger partial charge is 0.260 e. The van der Waals surface area contributed by atoms with Gasteiger partial charge in [-0.15, -0.1) is 0 Å². The molecule has 31 heavy (non-hydrogen) atoms. The second kappa shape index (κ2) is 9.41. The maximum absolute atomic E-state index is 12.8. The van der Waals surface area contributed by atoms with Crippen molar-refractivity contribution in [1.29, 1.82) is 0 Å². The van der Waals surface area contributed by atoms with Gasteiger partial charge >= 0.3 is 0 Å². The summed E-state index contributed by atoms with van der Waals surface area (Å²) >= 11 is 0. The molecule has 1 aliphatic rings. The van der Waals surface area contributed by atoms with Gasteiger partial charge in [-0.3, -0.25) is 9.59 Å². The van der Waals surface area contributed by atoms with Gasteiger partial charge < -0.3 is 20.7 Å². The summed E-state index contributed by atoms with van der Waals surface area (Å²) in [5.74, 6) is 0.579. The standard InChI is InChI=1S/C25H33N3O3/c1-15-16(2)22(26)18(4)23(17(15)3)31-19(5)24(29)27-21-11-13-28(14-12-21)25(30)20-9-7-6-8-10-20/h6-10,19,21H,11-14,26H2,1-5H3,(H,27,29). The average Bonchev–Trinajstić information content (AvgIpc) is 2.79. The quantitative estimate of drug-likeness (QED) is 0.719. The first kappa shape index (κ1) is 22.7. The summed E-state index contributed by atoms with van der Waals surface area (Å²) in [5, 5.41) is 3.08. The molecule has 0 aromatic heterocycles. The topological polar surface area (TPSA) is 84.7 Å². The lowest BCUT2D eigenvalue weighted by atomic mass is 9.97. The summed E-state index contributed by atoms with van der Waals surface area (Å²) < 4.78 is 6.06. The molecular weight excluding hydrogens is 390 g/mol. The number of nitrogens with two attached hydrogens (primary N) is 1. The van der Waals surface area contributed by atoms with E-state index in [-0.39, 0.29) is 17.9 Å². The Kier molecular flexibility index (Phi) is 6.88. The van der Waals surface area contributed by atoms with Gasteiger partial charge in [-0.2, -0.15) is 0 Å². The third kappa shape index (κ3) is 4.84. The molecule has 1 saturated heterocycles. The largest absolute Gasteiger partial charge is 0.480 e. The molecule has 0 spiro atoms. The zero-order valence-corrected chi connectivity index (χ0v) is 19.1. The number of hydrogen-bond donors (Lipinski definition) is 2. The minimum atomic E-state index is -0.636. The first-order chi connectivity index (χ1) is 14.7. The van der Waals surface area contributed by atoms with E-state index in [1.165, 1.54) is 0 Å². The summed E-state index contributed by atoms with van der Waals surface area (Å²) in [6, 6.07) is 9.34. The number of nitrogens with one attached hydrogen (secondary N) is 1. The summed E-state index contributed by atoms with van der Waals surface area (Å²) in [4.78, 5) is 27.2. The van der Waals surface area contributed by atoms with Crippen molar-refractivity contribution in [2.75, 3.05) is 18.8 Å². The van der Waals surface area contributed by atoms with Gasteiger partial charge in [0.05, 0.1) is 0 Å². The molecular formula is C25H33N3O3. The number of benzene rings is 2. The number of hydrogen-bond acceptors (Lipinski definition) is 4. The minimum Gasteiger partial charge on any atom is -0.480 e. The van der Waals surface area contributed by atoms with Gasteiger partial charge in [0.1, 0.15) is 5.75 Å². The van der Waals surface area contributed by atoms with E-state index >= 15 is 0 Å². The van der Waals surface area contributed by atoms with Crippen LogP contribution in [0.25, 0.3) is 0 Å². The molecule has 3 N–H and O–H groups in total. The van der Waals surface area contributed by atoms with E-state index in [0.717, 1.165) is 35.1 Å². The van der Waals surface area contributed by atoms with Crippen molar-refractivity contribution in [3.63, 3.8) is 0 Å². The van der Waals surface area contributed by atoms with Crippen LogP contribution in [0.4, 0.5) is 5.69 Å². The average molecular weight is 424 g/mol. The molecule has 1 atom stereocenters. The fraction of sp³-hybridized carbons (Fsp3) is 0.440. The summed E-state index contributed by atoms with van der Waals surface area (Å²) in [6.07, 6.45) is 0.819. The van der Waals surface area contributed by atoms with Crippen LogP contribution in [0.2, 0.25) is 0 Å². The van der Waals surface area contributed by atoms with Crippen molar-refractivity contribution in [1.82, 2.24) is 10.2 Å². The second-order valence-corrected chi connectivity index (χ2v) is 8.44.